The van der Waals surface area contributed by atoms with Crippen molar-refractivity contribution < 1.29 is 14.3 Å². The molecule has 3 fully saturated rings. The molecule has 1 N–H and O–H groups in total. The minimum absolute atomic E-state index is 0.0764. The van der Waals surface area contributed by atoms with Crippen LogP contribution in [0, 0.1) is 0 Å². The van der Waals surface area contributed by atoms with Crippen molar-refractivity contribution in [3.8, 4) is 0 Å². The highest BCUT2D eigenvalue weighted by Gasteiger charge is 2.62. The highest BCUT2D eigenvalue weighted by Crippen LogP contribution is 2.45. The van der Waals surface area contributed by atoms with E-state index in [1.165, 1.54) is 0 Å². The Morgan fingerprint density at radius 1 is 1.36 bits per heavy atom. The van der Waals surface area contributed by atoms with E-state index < -0.39 is 5.72 Å². The third-order valence-electron chi connectivity index (χ3n) is 5.74. The van der Waals surface area contributed by atoms with E-state index in [9.17, 15) is 9.59 Å². The fourth-order valence-electron chi connectivity index (χ4n) is 4.58. The normalized spacial score (nSPS) is 28.0. The molecule has 0 bridgehead atoms. The third-order valence-corrected chi connectivity index (χ3v) is 5.74. The summed E-state index contributed by atoms with van der Waals surface area (Å²) in [5, 5.41) is 0. The number of aromatic nitrogens is 2. The van der Waals surface area contributed by atoms with Crippen LogP contribution in [0.15, 0.2) is 24.3 Å². The van der Waals surface area contributed by atoms with E-state index in [-0.39, 0.29) is 17.9 Å². The number of imidazole rings is 1. The molecule has 7 nitrogen and oxygen atoms in total. The van der Waals surface area contributed by atoms with Gasteiger partial charge in [0.15, 0.2) is 5.72 Å². The molecule has 2 amide bonds. The Morgan fingerprint density at radius 2 is 2.24 bits per heavy atom. The lowest BCUT2D eigenvalue weighted by Gasteiger charge is -2.31. The molecule has 3 saturated heterocycles. The number of ether oxygens (including phenoxy) is 1. The van der Waals surface area contributed by atoms with Crippen LogP contribution < -0.4 is 0 Å². The van der Waals surface area contributed by atoms with E-state index in [4.69, 9.17) is 4.74 Å². The van der Waals surface area contributed by atoms with E-state index in [1.807, 2.05) is 34.1 Å². The van der Waals surface area contributed by atoms with Gasteiger partial charge in [-0.3, -0.25) is 9.59 Å². The van der Waals surface area contributed by atoms with E-state index >= 15 is 0 Å². The van der Waals surface area contributed by atoms with E-state index in [2.05, 4.69) is 9.97 Å². The lowest BCUT2D eigenvalue weighted by atomic mass is 10.1. The van der Waals surface area contributed by atoms with Gasteiger partial charge in [0.2, 0.25) is 11.8 Å². The first-order valence-corrected chi connectivity index (χ1v) is 8.85. The molecule has 25 heavy (non-hydrogen) atoms. The van der Waals surface area contributed by atoms with Gasteiger partial charge in [0.1, 0.15) is 5.82 Å². The number of aromatic amines is 1. The SMILES string of the molecule is O=C(CCc1nc2ccccc2[nH]1)N1CC[C@@]23OCCN2C(=O)C[C@@H]13. The number of H-pyrrole nitrogens is 1. The van der Waals surface area contributed by atoms with Gasteiger partial charge in [-0.05, 0) is 12.1 Å². The second kappa shape index (κ2) is 5.29. The molecule has 0 saturated carbocycles. The number of hydrogen-bond acceptors (Lipinski definition) is 4. The fourth-order valence-corrected chi connectivity index (χ4v) is 4.58. The topological polar surface area (TPSA) is 78.5 Å². The Morgan fingerprint density at radius 3 is 3.12 bits per heavy atom. The van der Waals surface area contributed by atoms with Crippen LogP contribution in [0.4, 0.5) is 0 Å². The van der Waals surface area contributed by atoms with Crippen molar-refractivity contribution in [2.24, 2.45) is 0 Å². The monoisotopic (exact) mass is 340 g/mol. The zero-order valence-corrected chi connectivity index (χ0v) is 13.9. The summed E-state index contributed by atoms with van der Waals surface area (Å²) in [6, 6.07) is 7.71. The maximum atomic E-state index is 12.8. The molecular weight excluding hydrogens is 320 g/mol. The molecule has 0 aliphatic carbocycles. The first-order chi connectivity index (χ1) is 12.2. The van der Waals surface area contributed by atoms with Crippen molar-refractivity contribution in [3.63, 3.8) is 0 Å². The average Bonchev–Trinajstić information content (AvgIpc) is 3.33. The quantitative estimate of drug-likeness (QED) is 0.906. The van der Waals surface area contributed by atoms with Gasteiger partial charge in [0.05, 0.1) is 30.1 Å². The van der Waals surface area contributed by atoms with Crippen molar-refractivity contribution >= 4 is 22.8 Å². The van der Waals surface area contributed by atoms with Crippen LogP contribution in [0.1, 0.15) is 25.1 Å². The highest BCUT2D eigenvalue weighted by atomic mass is 16.5. The number of carbonyl (C=O) groups excluding carboxylic acids is 2. The Balaban J connectivity index is 1.29. The summed E-state index contributed by atoms with van der Waals surface area (Å²) in [7, 11) is 0. The molecule has 3 aliphatic rings. The van der Waals surface area contributed by atoms with Gasteiger partial charge in [-0.15, -0.1) is 0 Å². The summed E-state index contributed by atoms with van der Waals surface area (Å²) in [6.07, 6.45) is 2.07. The fraction of sp³-hybridized carbons (Fsp3) is 0.500. The number of aryl methyl sites for hydroxylation is 1. The number of likely N-dealkylation sites (tertiary alicyclic amines) is 1. The number of amides is 2. The molecule has 0 unspecified atom stereocenters. The molecule has 7 heteroatoms. The predicted octanol–water partition coefficient (Wildman–Crippen LogP) is 1.06. The molecule has 2 aromatic rings. The second-order valence-electron chi connectivity index (χ2n) is 7.00. The van der Waals surface area contributed by atoms with Crippen LogP contribution in [0.5, 0.6) is 0 Å². The highest BCUT2D eigenvalue weighted by molar-refractivity contribution is 5.84. The number of para-hydroxylation sites is 2. The van der Waals surface area contributed by atoms with E-state index in [0.29, 0.717) is 39.0 Å². The molecule has 1 spiro atoms. The van der Waals surface area contributed by atoms with Gasteiger partial charge >= 0.3 is 0 Å². The molecule has 3 aliphatic heterocycles. The zero-order valence-electron chi connectivity index (χ0n) is 13.9. The number of nitrogens with zero attached hydrogens (tertiary/aromatic N) is 3. The first kappa shape index (κ1) is 14.9. The van der Waals surface area contributed by atoms with Gasteiger partial charge in [0, 0.05) is 32.4 Å². The maximum Gasteiger partial charge on any atom is 0.227 e. The smallest absolute Gasteiger partial charge is 0.227 e. The largest absolute Gasteiger partial charge is 0.351 e. The minimum atomic E-state index is -0.549. The van der Waals surface area contributed by atoms with Gasteiger partial charge < -0.3 is 19.5 Å². The molecule has 1 aromatic heterocycles. The summed E-state index contributed by atoms with van der Waals surface area (Å²) >= 11 is 0. The average molecular weight is 340 g/mol. The number of rotatable bonds is 3. The molecule has 130 valence electrons. The van der Waals surface area contributed by atoms with Gasteiger partial charge in [-0.25, -0.2) is 4.98 Å². The lowest BCUT2D eigenvalue weighted by molar-refractivity contribution is -0.139. The van der Waals surface area contributed by atoms with Gasteiger partial charge in [-0.1, -0.05) is 12.1 Å². The zero-order chi connectivity index (χ0) is 17.0. The van der Waals surface area contributed by atoms with Gasteiger partial charge in [0.25, 0.3) is 0 Å². The van der Waals surface area contributed by atoms with E-state index in [0.717, 1.165) is 23.3 Å². The second-order valence-corrected chi connectivity index (χ2v) is 7.00. The molecule has 5 rings (SSSR count). The lowest BCUT2D eigenvalue weighted by Crippen LogP contribution is -2.48. The number of nitrogens with one attached hydrogen (secondary N) is 1. The summed E-state index contributed by atoms with van der Waals surface area (Å²) in [5.74, 6) is 1.01. The number of hydrogen-bond donors (Lipinski definition) is 1. The summed E-state index contributed by atoms with van der Waals surface area (Å²) in [5.41, 5.74) is 1.36. The molecule has 0 radical (unpaired) electrons. The number of carbonyl (C=O) groups is 2. The minimum Gasteiger partial charge on any atom is -0.351 e. The standard InChI is InChI=1S/C18H20N4O3/c23-16(6-5-15-19-12-3-1-2-4-13(12)20-15)21-8-7-18-14(21)11-17(24)22(18)9-10-25-18/h1-4,14H,5-11H2,(H,19,20)/t14-,18+/m1/s1. The Kier molecular flexibility index (Phi) is 3.15. The van der Waals surface area contributed by atoms with Crippen LogP contribution >= 0.6 is 0 Å². The van der Waals surface area contributed by atoms with Crippen LogP contribution in [0.2, 0.25) is 0 Å². The third kappa shape index (κ3) is 2.12. The number of benzene rings is 1. The van der Waals surface area contributed by atoms with Crippen LogP contribution in [0.3, 0.4) is 0 Å². The Labute approximate surface area is 144 Å². The summed E-state index contributed by atoms with van der Waals surface area (Å²) in [4.78, 5) is 36.5. The summed E-state index contributed by atoms with van der Waals surface area (Å²) < 4.78 is 5.93. The van der Waals surface area contributed by atoms with E-state index in [1.54, 1.807) is 0 Å². The van der Waals surface area contributed by atoms with Crippen molar-refractivity contribution in [1.29, 1.82) is 0 Å². The van der Waals surface area contributed by atoms with Crippen molar-refractivity contribution in [2.75, 3.05) is 19.7 Å². The molecule has 1 aromatic carbocycles. The summed E-state index contributed by atoms with van der Waals surface area (Å²) in [6.45, 7) is 1.88. The first-order valence-electron chi connectivity index (χ1n) is 8.85. The Hall–Kier alpha value is -2.41. The van der Waals surface area contributed by atoms with Crippen LogP contribution in [0.25, 0.3) is 11.0 Å². The maximum absolute atomic E-state index is 12.8. The predicted molar refractivity (Wildman–Crippen MR) is 89.5 cm³/mol. The number of fused-ring (bicyclic) bond motifs is 1. The van der Waals surface area contributed by atoms with Crippen molar-refractivity contribution in [1.82, 2.24) is 19.8 Å². The van der Waals surface area contributed by atoms with Crippen molar-refractivity contribution in [3.05, 3.63) is 30.1 Å². The van der Waals surface area contributed by atoms with Gasteiger partial charge in [-0.2, -0.15) is 0 Å². The molecule has 2 atom stereocenters. The molecular formula is C18H20N4O3. The Bertz CT molecular complexity index is 830. The van der Waals surface area contributed by atoms with Crippen molar-refractivity contribution in [2.45, 2.75) is 37.5 Å². The molecule has 4 heterocycles. The van der Waals surface area contributed by atoms with Crippen LogP contribution in [-0.2, 0) is 20.7 Å². The van der Waals surface area contributed by atoms with Crippen LogP contribution in [-0.4, -0.2) is 63.0 Å².